The van der Waals surface area contributed by atoms with Crippen LogP contribution in [0.2, 0.25) is 0 Å². The molecule has 1 amide bonds. The Hall–Kier alpha value is -2.67. The highest BCUT2D eigenvalue weighted by Crippen LogP contribution is 2.23. The lowest BCUT2D eigenvalue weighted by atomic mass is 10.2. The number of nitrogens with zero attached hydrogens (tertiary/aromatic N) is 3. The predicted octanol–water partition coefficient (Wildman–Crippen LogP) is 3.51. The van der Waals surface area contributed by atoms with E-state index in [1.165, 1.54) is 4.90 Å². The second-order valence-corrected chi connectivity index (χ2v) is 5.99. The number of amides is 1. The molecule has 0 fully saturated rings. The van der Waals surface area contributed by atoms with Crippen molar-refractivity contribution in [2.24, 2.45) is 0 Å². The van der Waals surface area contributed by atoms with E-state index in [-0.39, 0.29) is 6.61 Å². The van der Waals surface area contributed by atoms with Gasteiger partial charge < -0.3 is 14.4 Å². The van der Waals surface area contributed by atoms with Gasteiger partial charge in [-0.25, -0.2) is 9.78 Å². The molecule has 0 aliphatic heterocycles. The summed E-state index contributed by atoms with van der Waals surface area (Å²) in [4.78, 5) is 18.1. The molecule has 0 saturated carbocycles. The van der Waals surface area contributed by atoms with E-state index in [0.717, 1.165) is 16.6 Å². The third-order valence-corrected chi connectivity index (χ3v) is 4.25. The van der Waals surface area contributed by atoms with Crippen LogP contribution in [-0.4, -0.2) is 34.1 Å². The molecule has 0 aliphatic carbocycles. The molecule has 0 aliphatic rings. The minimum Gasteiger partial charge on any atom is -0.497 e. The number of fused-ring (bicyclic) bond motifs is 1. The van der Waals surface area contributed by atoms with E-state index in [1.807, 2.05) is 48.5 Å². The highest BCUT2D eigenvalue weighted by Gasteiger charge is 2.14. The standard InChI is InChI=1S/C18H19N3O3S/c1-20(11-13-6-4-3-5-7-13)18(22)24-12-17-19-15-10-14(23-2)8-9-16(15)21(17)25/h3-10,25H,11-12H2,1-2H3. The van der Waals surface area contributed by atoms with Gasteiger partial charge in [0.1, 0.15) is 5.75 Å². The highest BCUT2D eigenvalue weighted by atomic mass is 32.1. The molecule has 2 aromatic carbocycles. The summed E-state index contributed by atoms with van der Waals surface area (Å²) in [5.41, 5.74) is 2.60. The zero-order chi connectivity index (χ0) is 17.8. The van der Waals surface area contributed by atoms with Gasteiger partial charge in [-0.15, -0.1) is 0 Å². The number of benzene rings is 2. The third-order valence-electron chi connectivity index (χ3n) is 3.80. The Morgan fingerprint density at radius 2 is 2.00 bits per heavy atom. The molecule has 130 valence electrons. The zero-order valence-electron chi connectivity index (χ0n) is 14.0. The summed E-state index contributed by atoms with van der Waals surface area (Å²) in [6.45, 7) is 0.520. The lowest BCUT2D eigenvalue weighted by molar-refractivity contribution is 0.100. The number of rotatable bonds is 5. The van der Waals surface area contributed by atoms with Gasteiger partial charge in [0.2, 0.25) is 0 Å². The number of ether oxygens (including phenoxy) is 2. The molecule has 0 spiro atoms. The number of hydrogen-bond acceptors (Lipinski definition) is 5. The summed E-state index contributed by atoms with van der Waals surface area (Å²) in [5.74, 6) is 1.26. The fraction of sp³-hybridized carbons (Fsp3) is 0.222. The van der Waals surface area contributed by atoms with Gasteiger partial charge in [-0.1, -0.05) is 43.1 Å². The number of carbonyl (C=O) groups excluding carboxylic acids is 1. The van der Waals surface area contributed by atoms with Gasteiger partial charge in [-0.05, 0) is 17.7 Å². The van der Waals surface area contributed by atoms with Gasteiger partial charge in [0.05, 0.1) is 18.1 Å². The Labute approximate surface area is 151 Å². The SMILES string of the molecule is COc1ccc2c(c1)nc(COC(=O)N(C)Cc1ccccc1)n2S. The van der Waals surface area contributed by atoms with Crippen molar-refractivity contribution in [3.8, 4) is 5.75 Å². The van der Waals surface area contributed by atoms with Crippen molar-refractivity contribution >= 4 is 29.9 Å². The van der Waals surface area contributed by atoms with Gasteiger partial charge in [-0.2, -0.15) is 0 Å². The average Bonchev–Trinajstić information content (AvgIpc) is 2.95. The smallest absolute Gasteiger partial charge is 0.410 e. The van der Waals surface area contributed by atoms with Crippen molar-refractivity contribution in [1.82, 2.24) is 13.9 Å². The van der Waals surface area contributed by atoms with Crippen molar-refractivity contribution in [2.45, 2.75) is 13.2 Å². The average molecular weight is 357 g/mol. The lowest BCUT2D eigenvalue weighted by Crippen LogP contribution is -2.27. The van der Waals surface area contributed by atoms with Crippen molar-refractivity contribution in [3.63, 3.8) is 0 Å². The van der Waals surface area contributed by atoms with Crippen LogP contribution >= 0.6 is 12.8 Å². The summed E-state index contributed by atoms with van der Waals surface area (Å²) in [6.07, 6.45) is -0.415. The number of carbonyl (C=O) groups is 1. The van der Waals surface area contributed by atoms with Crippen LogP contribution in [0, 0.1) is 0 Å². The van der Waals surface area contributed by atoms with E-state index in [9.17, 15) is 4.79 Å². The number of aromatic nitrogens is 2. The van der Waals surface area contributed by atoms with Crippen LogP contribution in [0.5, 0.6) is 5.75 Å². The van der Waals surface area contributed by atoms with Gasteiger partial charge >= 0.3 is 6.09 Å². The Bertz CT molecular complexity index is 880. The molecule has 7 heteroatoms. The molecule has 1 heterocycles. The number of methoxy groups -OCH3 is 1. The number of thiol groups is 1. The zero-order valence-corrected chi connectivity index (χ0v) is 14.9. The maximum Gasteiger partial charge on any atom is 0.410 e. The Balaban J connectivity index is 1.65. The molecule has 6 nitrogen and oxygen atoms in total. The van der Waals surface area contributed by atoms with E-state index in [2.05, 4.69) is 17.8 Å². The molecular weight excluding hydrogens is 338 g/mol. The van der Waals surface area contributed by atoms with Crippen molar-refractivity contribution in [1.29, 1.82) is 0 Å². The van der Waals surface area contributed by atoms with E-state index in [4.69, 9.17) is 9.47 Å². The molecular formula is C18H19N3O3S. The summed E-state index contributed by atoms with van der Waals surface area (Å²) >= 11 is 4.42. The first-order valence-corrected chi connectivity index (χ1v) is 8.15. The molecule has 0 unspecified atom stereocenters. The molecule has 0 bridgehead atoms. The minimum atomic E-state index is -0.415. The predicted molar refractivity (Wildman–Crippen MR) is 98.8 cm³/mol. The van der Waals surface area contributed by atoms with E-state index < -0.39 is 6.09 Å². The molecule has 0 radical (unpaired) electrons. The van der Waals surface area contributed by atoms with Crippen molar-refractivity contribution in [3.05, 3.63) is 59.9 Å². The second-order valence-electron chi connectivity index (χ2n) is 5.59. The summed E-state index contributed by atoms with van der Waals surface area (Å²) in [6, 6.07) is 15.2. The van der Waals surface area contributed by atoms with Crippen LogP contribution in [0.4, 0.5) is 4.79 Å². The Morgan fingerprint density at radius 1 is 1.24 bits per heavy atom. The largest absolute Gasteiger partial charge is 0.497 e. The molecule has 0 N–H and O–H groups in total. The number of imidazole rings is 1. The van der Waals surface area contributed by atoms with Crippen LogP contribution < -0.4 is 4.74 Å². The fourth-order valence-corrected chi connectivity index (χ4v) is 2.75. The quantitative estimate of drug-likeness (QED) is 0.710. The lowest BCUT2D eigenvalue weighted by Gasteiger charge is -2.16. The number of hydrogen-bond donors (Lipinski definition) is 1. The maximum absolute atomic E-state index is 12.2. The van der Waals surface area contributed by atoms with Crippen LogP contribution in [0.15, 0.2) is 48.5 Å². The van der Waals surface area contributed by atoms with Gasteiger partial charge in [-0.3, -0.25) is 3.97 Å². The first-order valence-electron chi connectivity index (χ1n) is 7.75. The van der Waals surface area contributed by atoms with Crippen LogP contribution in [0.3, 0.4) is 0 Å². The first-order chi connectivity index (χ1) is 12.1. The normalized spacial score (nSPS) is 10.7. The molecule has 25 heavy (non-hydrogen) atoms. The minimum absolute atomic E-state index is 0.0401. The monoisotopic (exact) mass is 357 g/mol. The van der Waals surface area contributed by atoms with Crippen molar-refractivity contribution in [2.75, 3.05) is 14.2 Å². The summed E-state index contributed by atoms with van der Waals surface area (Å²) < 4.78 is 12.2. The van der Waals surface area contributed by atoms with E-state index >= 15 is 0 Å². The second kappa shape index (κ2) is 7.48. The first kappa shape index (κ1) is 17.2. The van der Waals surface area contributed by atoms with Crippen LogP contribution in [-0.2, 0) is 17.9 Å². The fourth-order valence-electron chi connectivity index (χ4n) is 2.48. The van der Waals surface area contributed by atoms with Gasteiger partial charge in [0.15, 0.2) is 12.4 Å². The highest BCUT2D eigenvalue weighted by molar-refractivity contribution is 7.78. The van der Waals surface area contributed by atoms with Gasteiger partial charge in [0.25, 0.3) is 0 Å². The summed E-state index contributed by atoms with van der Waals surface area (Å²) in [7, 11) is 3.30. The third kappa shape index (κ3) is 3.88. The summed E-state index contributed by atoms with van der Waals surface area (Å²) in [5, 5.41) is 0. The maximum atomic E-state index is 12.2. The topological polar surface area (TPSA) is 56.6 Å². The Morgan fingerprint density at radius 3 is 2.72 bits per heavy atom. The van der Waals surface area contributed by atoms with E-state index in [1.54, 1.807) is 18.1 Å². The molecule has 1 aromatic heterocycles. The van der Waals surface area contributed by atoms with Gasteiger partial charge in [0, 0.05) is 19.7 Å². The van der Waals surface area contributed by atoms with Crippen molar-refractivity contribution < 1.29 is 14.3 Å². The van der Waals surface area contributed by atoms with E-state index in [0.29, 0.717) is 18.1 Å². The molecule has 3 aromatic rings. The van der Waals surface area contributed by atoms with Crippen LogP contribution in [0.1, 0.15) is 11.4 Å². The molecule has 3 rings (SSSR count). The molecule has 0 saturated heterocycles. The Kier molecular flexibility index (Phi) is 5.14. The van der Waals surface area contributed by atoms with Crippen LogP contribution in [0.25, 0.3) is 11.0 Å². The molecule has 0 atom stereocenters.